The molecular weight excluding hydrogens is 234 g/mol. The Morgan fingerprint density at radius 2 is 1.84 bits per heavy atom. The van der Waals surface area contributed by atoms with E-state index in [1.54, 1.807) is 0 Å². The predicted octanol–water partition coefficient (Wildman–Crippen LogP) is 3.47. The molecule has 0 saturated heterocycles. The number of aryl methyl sites for hydroxylation is 1. The van der Waals surface area contributed by atoms with E-state index in [0.29, 0.717) is 17.8 Å². The lowest BCUT2D eigenvalue weighted by Crippen LogP contribution is -2.28. The molecule has 1 rings (SSSR count). The highest BCUT2D eigenvalue weighted by Gasteiger charge is 2.11. The van der Waals surface area contributed by atoms with E-state index in [2.05, 4.69) is 58.1 Å². The third kappa shape index (κ3) is 4.96. The molecule has 2 heteroatoms. The minimum atomic E-state index is 0.260. The molecule has 0 aliphatic heterocycles. The molecule has 0 aliphatic carbocycles. The molecule has 0 amide bonds. The fraction of sp³-hybridized carbons (Fsp3) is 0.647. The van der Waals surface area contributed by atoms with Gasteiger partial charge in [0, 0.05) is 19.7 Å². The van der Waals surface area contributed by atoms with Crippen molar-refractivity contribution in [2.75, 3.05) is 13.2 Å². The zero-order valence-corrected chi connectivity index (χ0v) is 13.0. The lowest BCUT2D eigenvalue weighted by atomic mass is 9.96. The van der Waals surface area contributed by atoms with Crippen molar-refractivity contribution in [2.24, 2.45) is 11.8 Å². The molecule has 1 aromatic carbocycles. The molecule has 0 heterocycles. The van der Waals surface area contributed by atoms with Crippen molar-refractivity contribution in [2.45, 2.75) is 47.1 Å². The van der Waals surface area contributed by atoms with Gasteiger partial charge < -0.3 is 10.4 Å². The summed E-state index contributed by atoms with van der Waals surface area (Å²) in [7, 11) is 0. The fourth-order valence-corrected chi connectivity index (χ4v) is 2.14. The van der Waals surface area contributed by atoms with E-state index in [-0.39, 0.29) is 6.61 Å². The van der Waals surface area contributed by atoms with Crippen LogP contribution < -0.4 is 5.32 Å². The third-order valence-corrected chi connectivity index (χ3v) is 3.94. The standard InChI is InChI=1S/C17H29NO/c1-12(2)15-7-6-14(5)16(8-15)9-18-10-17(11-19)13(3)4/h6-8,12-13,17-19H,9-11H2,1-5H3. The molecule has 2 nitrogen and oxygen atoms in total. The topological polar surface area (TPSA) is 32.3 Å². The molecule has 0 fully saturated rings. The minimum Gasteiger partial charge on any atom is -0.396 e. The molecule has 1 unspecified atom stereocenters. The quantitative estimate of drug-likeness (QED) is 0.789. The maximum absolute atomic E-state index is 9.33. The second kappa shape index (κ2) is 7.66. The summed E-state index contributed by atoms with van der Waals surface area (Å²) in [6.07, 6.45) is 0. The van der Waals surface area contributed by atoms with Gasteiger partial charge in [-0.2, -0.15) is 0 Å². The molecule has 19 heavy (non-hydrogen) atoms. The Labute approximate surface area is 118 Å². The smallest absolute Gasteiger partial charge is 0.0473 e. The number of hydrogen-bond donors (Lipinski definition) is 2. The van der Waals surface area contributed by atoms with Crippen molar-refractivity contribution in [1.82, 2.24) is 5.32 Å². The molecule has 0 saturated carbocycles. The van der Waals surface area contributed by atoms with Gasteiger partial charge in [0.25, 0.3) is 0 Å². The molecular formula is C17H29NO. The van der Waals surface area contributed by atoms with Crippen LogP contribution in [0.15, 0.2) is 18.2 Å². The number of benzene rings is 1. The first-order valence-electron chi connectivity index (χ1n) is 7.36. The maximum Gasteiger partial charge on any atom is 0.0473 e. The molecule has 0 radical (unpaired) electrons. The van der Waals surface area contributed by atoms with Gasteiger partial charge in [-0.25, -0.2) is 0 Å². The van der Waals surface area contributed by atoms with Crippen LogP contribution in [-0.2, 0) is 6.54 Å². The first-order chi connectivity index (χ1) is 8.95. The van der Waals surface area contributed by atoms with Gasteiger partial charge in [-0.1, -0.05) is 45.9 Å². The van der Waals surface area contributed by atoms with Crippen molar-refractivity contribution >= 4 is 0 Å². The van der Waals surface area contributed by atoms with E-state index in [1.807, 2.05) is 0 Å². The van der Waals surface area contributed by atoms with Crippen LogP contribution in [0.25, 0.3) is 0 Å². The highest BCUT2D eigenvalue weighted by Crippen LogP contribution is 2.18. The zero-order chi connectivity index (χ0) is 14.4. The lowest BCUT2D eigenvalue weighted by Gasteiger charge is -2.19. The largest absolute Gasteiger partial charge is 0.396 e. The summed E-state index contributed by atoms with van der Waals surface area (Å²) >= 11 is 0. The van der Waals surface area contributed by atoms with Crippen LogP contribution in [0, 0.1) is 18.8 Å². The Hall–Kier alpha value is -0.860. The van der Waals surface area contributed by atoms with Crippen LogP contribution in [0.2, 0.25) is 0 Å². The summed E-state index contributed by atoms with van der Waals surface area (Å²) in [5, 5.41) is 12.8. The van der Waals surface area contributed by atoms with E-state index >= 15 is 0 Å². The van der Waals surface area contributed by atoms with E-state index in [0.717, 1.165) is 13.1 Å². The van der Waals surface area contributed by atoms with Crippen LogP contribution >= 0.6 is 0 Å². The molecule has 1 aromatic rings. The van der Waals surface area contributed by atoms with Crippen molar-refractivity contribution in [3.63, 3.8) is 0 Å². The summed E-state index contributed by atoms with van der Waals surface area (Å²) in [5.41, 5.74) is 4.10. The van der Waals surface area contributed by atoms with Gasteiger partial charge in [-0.05, 0) is 41.4 Å². The van der Waals surface area contributed by atoms with Gasteiger partial charge in [0.2, 0.25) is 0 Å². The summed E-state index contributed by atoms with van der Waals surface area (Å²) in [6.45, 7) is 12.9. The maximum atomic E-state index is 9.33. The molecule has 0 bridgehead atoms. The third-order valence-electron chi connectivity index (χ3n) is 3.94. The first kappa shape index (κ1) is 16.2. The van der Waals surface area contributed by atoms with Gasteiger partial charge in [0.05, 0.1) is 0 Å². The van der Waals surface area contributed by atoms with Gasteiger partial charge in [-0.3, -0.25) is 0 Å². The summed E-state index contributed by atoms with van der Waals surface area (Å²) in [6, 6.07) is 6.72. The molecule has 2 N–H and O–H groups in total. The number of aliphatic hydroxyl groups is 1. The Balaban J connectivity index is 2.59. The molecule has 0 spiro atoms. The Morgan fingerprint density at radius 3 is 2.37 bits per heavy atom. The van der Waals surface area contributed by atoms with Gasteiger partial charge in [0.1, 0.15) is 0 Å². The fourth-order valence-electron chi connectivity index (χ4n) is 2.14. The molecule has 0 aromatic heterocycles. The molecule has 0 aliphatic rings. The summed E-state index contributed by atoms with van der Waals surface area (Å²) < 4.78 is 0. The van der Waals surface area contributed by atoms with E-state index in [4.69, 9.17) is 0 Å². The van der Waals surface area contributed by atoms with Crippen molar-refractivity contribution in [1.29, 1.82) is 0 Å². The number of rotatable bonds is 7. The van der Waals surface area contributed by atoms with Crippen LogP contribution in [0.5, 0.6) is 0 Å². The highest BCUT2D eigenvalue weighted by atomic mass is 16.3. The monoisotopic (exact) mass is 263 g/mol. The van der Waals surface area contributed by atoms with Crippen LogP contribution in [-0.4, -0.2) is 18.3 Å². The number of nitrogens with one attached hydrogen (secondary N) is 1. The Morgan fingerprint density at radius 1 is 1.16 bits per heavy atom. The van der Waals surface area contributed by atoms with Crippen LogP contribution in [0.1, 0.15) is 50.3 Å². The van der Waals surface area contributed by atoms with Crippen molar-refractivity contribution in [3.05, 3.63) is 34.9 Å². The van der Waals surface area contributed by atoms with Crippen molar-refractivity contribution < 1.29 is 5.11 Å². The first-order valence-corrected chi connectivity index (χ1v) is 7.36. The van der Waals surface area contributed by atoms with Gasteiger partial charge in [0.15, 0.2) is 0 Å². The van der Waals surface area contributed by atoms with E-state index in [9.17, 15) is 5.11 Å². The Bertz CT molecular complexity index is 385. The minimum absolute atomic E-state index is 0.260. The molecule has 1 atom stereocenters. The van der Waals surface area contributed by atoms with E-state index < -0.39 is 0 Å². The van der Waals surface area contributed by atoms with Crippen LogP contribution in [0.3, 0.4) is 0 Å². The molecule has 108 valence electrons. The number of aliphatic hydroxyl groups excluding tert-OH is 1. The second-order valence-electron chi connectivity index (χ2n) is 6.16. The van der Waals surface area contributed by atoms with Crippen LogP contribution in [0.4, 0.5) is 0 Å². The SMILES string of the molecule is Cc1ccc(C(C)C)cc1CNCC(CO)C(C)C. The summed E-state index contributed by atoms with van der Waals surface area (Å²) in [4.78, 5) is 0. The summed E-state index contributed by atoms with van der Waals surface area (Å²) in [5.74, 6) is 1.43. The average Bonchev–Trinajstić information content (AvgIpc) is 2.35. The lowest BCUT2D eigenvalue weighted by molar-refractivity contribution is 0.186. The van der Waals surface area contributed by atoms with Gasteiger partial charge in [-0.15, -0.1) is 0 Å². The highest BCUT2D eigenvalue weighted by molar-refractivity contribution is 5.32. The zero-order valence-electron chi connectivity index (χ0n) is 13.0. The number of hydrogen-bond acceptors (Lipinski definition) is 2. The Kier molecular flexibility index (Phi) is 6.53. The average molecular weight is 263 g/mol. The van der Waals surface area contributed by atoms with Gasteiger partial charge >= 0.3 is 0 Å². The second-order valence-corrected chi connectivity index (χ2v) is 6.16. The van der Waals surface area contributed by atoms with Crippen molar-refractivity contribution in [3.8, 4) is 0 Å². The van der Waals surface area contributed by atoms with E-state index in [1.165, 1.54) is 16.7 Å². The normalized spacial score (nSPS) is 13.3. The predicted molar refractivity (Wildman–Crippen MR) is 82.4 cm³/mol.